The number of sulfonamides is 1. The molecule has 3 aliphatic rings. The number of nitrogens with zero attached hydrogens (tertiary/aromatic N) is 1. The first-order valence-electron chi connectivity index (χ1n) is 10.7. The largest absolute Gasteiger partial charge is 0.326 e. The van der Waals surface area contributed by atoms with E-state index in [4.69, 9.17) is 0 Å². The highest BCUT2D eigenvalue weighted by Crippen LogP contribution is 2.35. The van der Waals surface area contributed by atoms with Crippen molar-refractivity contribution in [3.05, 3.63) is 36.4 Å². The Balaban J connectivity index is 1.30. The molecule has 2 aliphatic heterocycles. The molecule has 0 saturated carbocycles. The highest BCUT2D eigenvalue weighted by molar-refractivity contribution is 7.92. The van der Waals surface area contributed by atoms with Gasteiger partial charge in [0.1, 0.15) is 0 Å². The SMILES string of the molecule is O=C(CCN1C(=O)[C@@H]2CC=CC[C@H]2C1=O)Nc1ccc(S(=O)(=O)N[C@@H]2CCS(=O)(=O)C2)cc1. The second-order valence-electron chi connectivity index (χ2n) is 8.53. The van der Waals surface area contributed by atoms with E-state index in [0.717, 1.165) is 4.90 Å². The smallest absolute Gasteiger partial charge is 0.240 e. The van der Waals surface area contributed by atoms with E-state index in [2.05, 4.69) is 10.0 Å². The van der Waals surface area contributed by atoms with Crippen LogP contribution in [-0.4, -0.2) is 63.5 Å². The summed E-state index contributed by atoms with van der Waals surface area (Å²) >= 11 is 0. The number of anilines is 1. The van der Waals surface area contributed by atoms with E-state index in [1.54, 1.807) is 0 Å². The number of fused-ring (bicyclic) bond motifs is 1. The molecule has 0 radical (unpaired) electrons. The highest BCUT2D eigenvalue weighted by atomic mass is 32.2. The zero-order valence-corrected chi connectivity index (χ0v) is 19.4. The van der Waals surface area contributed by atoms with Gasteiger partial charge in [-0.15, -0.1) is 0 Å². The fourth-order valence-corrected chi connectivity index (χ4v) is 7.47. The molecule has 3 amide bonds. The Bertz CT molecular complexity index is 1180. The molecule has 33 heavy (non-hydrogen) atoms. The second-order valence-corrected chi connectivity index (χ2v) is 12.5. The first-order valence-corrected chi connectivity index (χ1v) is 14.0. The third-order valence-electron chi connectivity index (χ3n) is 6.16. The van der Waals surface area contributed by atoms with Gasteiger partial charge in [0.05, 0.1) is 28.2 Å². The summed E-state index contributed by atoms with van der Waals surface area (Å²) in [7, 11) is -7.12. The van der Waals surface area contributed by atoms with Crippen LogP contribution in [0.1, 0.15) is 25.7 Å². The van der Waals surface area contributed by atoms with Crippen LogP contribution in [0.25, 0.3) is 0 Å². The zero-order chi connectivity index (χ0) is 23.8. The first kappa shape index (κ1) is 23.6. The van der Waals surface area contributed by atoms with E-state index in [0.29, 0.717) is 18.5 Å². The van der Waals surface area contributed by atoms with Crippen molar-refractivity contribution in [1.82, 2.24) is 9.62 Å². The van der Waals surface area contributed by atoms with Gasteiger partial charge in [0.15, 0.2) is 9.84 Å². The number of carbonyl (C=O) groups is 3. The van der Waals surface area contributed by atoms with Crippen LogP contribution < -0.4 is 10.0 Å². The molecule has 12 heteroatoms. The number of hydrogen-bond acceptors (Lipinski definition) is 7. The van der Waals surface area contributed by atoms with Crippen molar-refractivity contribution in [3.8, 4) is 0 Å². The number of benzene rings is 1. The standard InChI is InChI=1S/C21H25N3O7S2/c25-19(9-11-24-20(26)17-3-1-2-4-18(17)21(24)27)22-14-5-7-16(8-6-14)33(30,31)23-15-10-12-32(28,29)13-15/h1-2,5-8,15,17-18,23H,3-4,9-13H2,(H,22,25)/t15-,17-,18-/m1/s1. The summed E-state index contributed by atoms with van der Waals surface area (Å²) in [5.74, 6) is -1.82. The average molecular weight is 496 g/mol. The van der Waals surface area contributed by atoms with Crippen LogP contribution in [0.5, 0.6) is 0 Å². The van der Waals surface area contributed by atoms with Gasteiger partial charge in [-0.05, 0) is 43.5 Å². The molecular weight excluding hydrogens is 470 g/mol. The van der Waals surface area contributed by atoms with Crippen molar-refractivity contribution in [3.63, 3.8) is 0 Å². The lowest BCUT2D eigenvalue weighted by Crippen LogP contribution is -2.35. The number of imide groups is 1. The van der Waals surface area contributed by atoms with Crippen molar-refractivity contribution >= 4 is 43.3 Å². The molecule has 0 spiro atoms. The number of hydrogen-bond donors (Lipinski definition) is 2. The summed E-state index contributed by atoms with van der Waals surface area (Å²) in [6, 6.07) is 4.81. The van der Waals surface area contributed by atoms with Gasteiger partial charge in [0.2, 0.25) is 27.7 Å². The van der Waals surface area contributed by atoms with E-state index in [9.17, 15) is 31.2 Å². The van der Waals surface area contributed by atoms with E-state index >= 15 is 0 Å². The lowest BCUT2D eigenvalue weighted by molar-refractivity contribution is -0.140. The number of amides is 3. The Morgan fingerprint density at radius 2 is 1.64 bits per heavy atom. The Morgan fingerprint density at radius 1 is 1.03 bits per heavy atom. The summed E-state index contributed by atoms with van der Waals surface area (Å²) in [4.78, 5) is 38.3. The van der Waals surface area contributed by atoms with E-state index < -0.39 is 31.8 Å². The Hall–Kier alpha value is -2.57. The molecule has 2 N–H and O–H groups in total. The Labute approximate surface area is 192 Å². The highest BCUT2D eigenvalue weighted by Gasteiger charge is 2.46. The summed E-state index contributed by atoms with van der Waals surface area (Å²) in [6.45, 7) is -0.00280. The van der Waals surface area contributed by atoms with Crippen LogP contribution in [0.2, 0.25) is 0 Å². The third-order valence-corrected chi connectivity index (χ3v) is 9.47. The maximum atomic E-state index is 12.5. The molecule has 1 aromatic rings. The van der Waals surface area contributed by atoms with Crippen LogP contribution >= 0.6 is 0 Å². The Kier molecular flexibility index (Phi) is 6.43. The summed E-state index contributed by atoms with van der Waals surface area (Å²) in [5, 5.41) is 2.63. The Morgan fingerprint density at radius 3 is 2.18 bits per heavy atom. The number of likely N-dealkylation sites (tertiary alicyclic amines) is 1. The van der Waals surface area contributed by atoms with Gasteiger partial charge in [-0.25, -0.2) is 21.6 Å². The molecule has 0 aromatic heterocycles. The maximum Gasteiger partial charge on any atom is 0.240 e. The first-order chi connectivity index (χ1) is 15.6. The molecule has 2 fully saturated rings. The average Bonchev–Trinajstić information content (AvgIpc) is 3.22. The molecule has 1 aromatic carbocycles. The predicted molar refractivity (Wildman–Crippen MR) is 119 cm³/mol. The van der Waals surface area contributed by atoms with Gasteiger partial charge in [-0.2, -0.15) is 0 Å². The number of carbonyl (C=O) groups excluding carboxylic acids is 3. The van der Waals surface area contributed by atoms with Gasteiger partial charge in [0, 0.05) is 24.7 Å². The topological polar surface area (TPSA) is 147 Å². The van der Waals surface area contributed by atoms with Crippen LogP contribution in [0.4, 0.5) is 5.69 Å². The molecule has 1 aliphatic carbocycles. The van der Waals surface area contributed by atoms with Gasteiger partial charge in [-0.1, -0.05) is 12.2 Å². The lowest BCUT2D eigenvalue weighted by Gasteiger charge is -2.15. The molecule has 3 atom stereocenters. The summed E-state index contributed by atoms with van der Waals surface area (Å²) in [5.41, 5.74) is 0.360. The van der Waals surface area contributed by atoms with Crippen LogP contribution in [0.15, 0.2) is 41.3 Å². The van der Waals surface area contributed by atoms with Crippen molar-refractivity contribution in [2.75, 3.05) is 23.4 Å². The minimum absolute atomic E-state index is 0.00280. The van der Waals surface area contributed by atoms with Crippen molar-refractivity contribution in [2.45, 2.75) is 36.6 Å². The van der Waals surface area contributed by atoms with Gasteiger partial charge in [0.25, 0.3) is 0 Å². The predicted octanol–water partition coefficient (Wildman–Crippen LogP) is 0.432. The molecule has 0 unspecified atom stereocenters. The van der Waals surface area contributed by atoms with Crippen LogP contribution in [0.3, 0.4) is 0 Å². The van der Waals surface area contributed by atoms with Gasteiger partial charge < -0.3 is 5.32 Å². The number of nitrogens with one attached hydrogen (secondary N) is 2. The fourth-order valence-electron chi connectivity index (χ4n) is 4.42. The second kappa shape index (κ2) is 8.99. The van der Waals surface area contributed by atoms with E-state index in [1.807, 2.05) is 12.2 Å². The monoisotopic (exact) mass is 495 g/mol. The molecule has 10 nitrogen and oxygen atoms in total. The lowest BCUT2D eigenvalue weighted by atomic mass is 9.85. The molecular formula is C21H25N3O7S2. The van der Waals surface area contributed by atoms with Crippen LogP contribution in [0, 0.1) is 11.8 Å². The van der Waals surface area contributed by atoms with Crippen molar-refractivity contribution in [2.24, 2.45) is 11.8 Å². The van der Waals surface area contributed by atoms with Crippen LogP contribution in [-0.2, 0) is 34.2 Å². The van der Waals surface area contributed by atoms with E-state index in [-0.39, 0.29) is 59.4 Å². The molecule has 2 saturated heterocycles. The normalized spacial score (nSPS) is 26.4. The van der Waals surface area contributed by atoms with Gasteiger partial charge >= 0.3 is 0 Å². The minimum atomic E-state index is -3.90. The quantitative estimate of drug-likeness (QED) is 0.412. The third kappa shape index (κ3) is 5.17. The molecule has 178 valence electrons. The zero-order valence-electron chi connectivity index (χ0n) is 17.8. The maximum absolute atomic E-state index is 12.5. The fraction of sp³-hybridized carbons (Fsp3) is 0.476. The van der Waals surface area contributed by atoms with E-state index in [1.165, 1.54) is 24.3 Å². The number of sulfone groups is 1. The summed E-state index contributed by atoms with van der Waals surface area (Å²) in [6.07, 6.45) is 5.05. The van der Waals surface area contributed by atoms with Gasteiger partial charge in [-0.3, -0.25) is 19.3 Å². The minimum Gasteiger partial charge on any atom is -0.326 e. The van der Waals surface area contributed by atoms with Crippen molar-refractivity contribution in [1.29, 1.82) is 0 Å². The van der Waals surface area contributed by atoms with Crippen molar-refractivity contribution < 1.29 is 31.2 Å². The molecule has 0 bridgehead atoms. The summed E-state index contributed by atoms with van der Waals surface area (Å²) < 4.78 is 50.4. The molecule has 4 rings (SSSR count). The number of allylic oxidation sites excluding steroid dienone is 2. The molecule has 2 heterocycles. The number of rotatable bonds is 7.